The molecular formula is C22H30N4O3S. The van der Waals surface area contributed by atoms with Crippen LogP contribution in [-0.2, 0) is 13.1 Å². The summed E-state index contributed by atoms with van der Waals surface area (Å²) in [5, 5.41) is 4.15. The minimum absolute atomic E-state index is 0.589. The highest BCUT2D eigenvalue weighted by atomic mass is 32.1. The van der Waals surface area contributed by atoms with Crippen LogP contribution in [0, 0.1) is 0 Å². The highest BCUT2D eigenvalue weighted by Gasteiger charge is 2.18. The number of rotatable bonds is 7. The first kappa shape index (κ1) is 22.1. The van der Waals surface area contributed by atoms with Gasteiger partial charge in [-0.1, -0.05) is 6.07 Å². The van der Waals surface area contributed by atoms with Crippen LogP contribution in [0.5, 0.6) is 17.2 Å². The lowest BCUT2D eigenvalue weighted by atomic mass is 10.2. The number of hydrogen-bond donors (Lipinski definition) is 1. The second-order valence-electron chi connectivity index (χ2n) is 7.17. The molecule has 0 aliphatic carbocycles. The molecule has 0 atom stereocenters. The van der Waals surface area contributed by atoms with E-state index < -0.39 is 0 Å². The van der Waals surface area contributed by atoms with Crippen LogP contribution in [-0.4, -0.2) is 67.4 Å². The van der Waals surface area contributed by atoms with E-state index in [1.807, 2.05) is 30.6 Å². The number of nitrogens with zero attached hydrogens (tertiary/aromatic N) is 3. The Labute approximate surface area is 183 Å². The number of methoxy groups -OCH3 is 3. The Morgan fingerprint density at radius 3 is 2.43 bits per heavy atom. The average Bonchev–Trinajstić information content (AvgIpc) is 3.03. The lowest BCUT2D eigenvalue weighted by Crippen LogP contribution is -2.41. The van der Waals surface area contributed by atoms with Crippen LogP contribution in [0.2, 0.25) is 0 Å². The molecule has 2 heterocycles. The van der Waals surface area contributed by atoms with E-state index in [0.717, 1.165) is 49.8 Å². The van der Waals surface area contributed by atoms with E-state index in [1.54, 1.807) is 21.3 Å². The number of ether oxygens (including phenoxy) is 3. The molecule has 7 nitrogen and oxygen atoms in total. The molecule has 0 bridgehead atoms. The molecule has 1 aliphatic heterocycles. The molecule has 1 N–H and O–H groups in total. The molecule has 1 aromatic carbocycles. The van der Waals surface area contributed by atoms with Gasteiger partial charge in [-0.25, -0.2) is 0 Å². The molecule has 0 spiro atoms. The first-order valence-corrected chi connectivity index (χ1v) is 10.5. The minimum Gasteiger partial charge on any atom is -0.493 e. The fraction of sp³-hybridized carbons (Fsp3) is 0.455. The van der Waals surface area contributed by atoms with Crippen molar-refractivity contribution in [2.24, 2.45) is 0 Å². The number of hydrogen-bond acceptors (Lipinski definition) is 6. The zero-order chi connectivity index (χ0) is 21.3. The Morgan fingerprint density at radius 1 is 1.03 bits per heavy atom. The summed E-state index contributed by atoms with van der Waals surface area (Å²) in [5.74, 6) is 1.87. The predicted octanol–water partition coefficient (Wildman–Crippen LogP) is 2.69. The van der Waals surface area contributed by atoms with Crippen molar-refractivity contribution >= 4 is 17.3 Å². The second-order valence-corrected chi connectivity index (χ2v) is 7.56. The smallest absolute Gasteiger partial charge is 0.203 e. The highest BCUT2D eigenvalue weighted by molar-refractivity contribution is 7.80. The second kappa shape index (κ2) is 11.0. The van der Waals surface area contributed by atoms with Gasteiger partial charge in [-0.3, -0.25) is 9.88 Å². The predicted molar refractivity (Wildman–Crippen MR) is 121 cm³/mol. The first-order valence-electron chi connectivity index (χ1n) is 10.1. The Balaban J connectivity index is 1.55. The molecular weight excluding hydrogens is 400 g/mol. The van der Waals surface area contributed by atoms with Gasteiger partial charge in [0.1, 0.15) is 0 Å². The summed E-state index contributed by atoms with van der Waals surface area (Å²) in [7, 11) is 4.84. The van der Waals surface area contributed by atoms with Gasteiger partial charge in [-0.15, -0.1) is 0 Å². The number of thiocarbonyl (C=S) groups is 1. The van der Waals surface area contributed by atoms with Crippen molar-refractivity contribution in [3.05, 3.63) is 47.8 Å². The van der Waals surface area contributed by atoms with Gasteiger partial charge in [0.25, 0.3) is 0 Å². The van der Waals surface area contributed by atoms with Crippen molar-refractivity contribution in [1.29, 1.82) is 0 Å². The first-order chi connectivity index (χ1) is 14.6. The number of benzene rings is 1. The number of nitrogens with one attached hydrogen (secondary N) is 1. The molecule has 2 aromatic rings. The van der Waals surface area contributed by atoms with Crippen LogP contribution in [0.3, 0.4) is 0 Å². The molecule has 1 aliphatic rings. The standard InChI is InChI=1S/C22H30N4O3S/c1-27-19-12-18(13-20(28-2)21(19)29-3)15-24-22(30)26-9-5-8-25(10-11-26)16-17-6-4-7-23-14-17/h4,6-7,12-14H,5,8-11,15-16H2,1-3H3,(H,24,30). The molecule has 1 fully saturated rings. The third-order valence-corrected chi connectivity index (χ3v) is 5.58. The van der Waals surface area contributed by atoms with E-state index in [0.29, 0.717) is 23.8 Å². The minimum atomic E-state index is 0.589. The maximum atomic E-state index is 5.67. The molecule has 162 valence electrons. The fourth-order valence-corrected chi connectivity index (χ4v) is 3.86. The van der Waals surface area contributed by atoms with Crippen LogP contribution in [0.25, 0.3) is 0 Å². The fourth-order valence-electron chi connectivity index (χ4n) is 3.61. The molecule has 8 heteroatoms. The molecule has 0 radical (unpaired) electrons. The van der Waals surface area contributed by atoms with Crippen LogP contribution in [0.4, 0.5) is 0 Å². The van der Waals surface area contributed by atoms with Crippen molar-refractivity contribution in [1.82, 2.24) is 20.1 Å². The summed E-state index contributed by atoms with van der Waals surface area (Å²) in [6, 6.07) is 7.99. The molecule has 1 saturated heterocycles. The van der Waals surface area contributed by atoms with Crippen LogP contribution >= 0.6 is 12.2 Å². The van der Waals surface area contributed by atoms with Crippen molar-refractivity contribution in [3.8, 4) is 17.2 Å². The molecule has 0 saturated carbocycles. The molecule has 0 unspecified atom stereocenters. The van der Waals surface area contributed by atoms with Crippen molar-refractivity contribution in [2.45, 2.75) is 19.5 Å². The molecule has 30 heavy (non-hydrogen) atoms. The summed E-state index contributed by atoms with van der Waals surface area (Å²) < 4.78 is 16.3. The number of aromatic nitrogens is 1. The Bertz CT molecular complexity index is 809. The van der Waals surface area contributed by atoms with Crippen LogP contribution < -0.4 is 19.5 Å². The Morgan fingerprint density at radius 2 is 1.80 bits per heavy atom. The van der Waals surface area contributed by atoms with E-state index >= 15 is 0 Å². The maximum Gasteiger partial charge on any atom is 0.203 e. The number of pyridine rings is 1. The maximum absolute atomic E-state index is 5.67. The topological polar surface area (TPSA) is 59.1 Å². The van der Waals surface area contributed by atoms with Gasteiger partial charge in [0.2, 0.25) is 5.75 Å². The van der Waals surface area contributed by atoms with Gasteiger partial charge >= 0.3 is 0 Å². The summed E-state index contributed by atoms with van der Waals surface area (Å²) in [6.45, 7) is 5.40. The quantitative estimate of drug-likeness (QED) is 0.673. The van der Waals surface area contributed by atoms with Gasteiger partial charge in [-0.2, -0.15) is 0 Å². The SMILES string of the molecule is COc1cc(CNC(=S)N2CCCN(Cc3cccnc3)CC2)cc(OC)c1OC. The Kier molecular flexibility index (Phi) is 8.10. The van der Waals surface area contributed by atoms with Gasteiger partial charge in [0, 0.05) is 51.7 Å². The van der Waals surface area contributed by atoms with Gasteiger partial charge in [-0.05, 0) is 48.0 Å². The van der Waals surface area contributed by atoms with Crippen LogP contribution in [0.15, 0.2) is 36.7 Å². The monoisotopic (exact) mass is 430 g/mol. The van der Waals surface area contributed by atoms with Crippen molar-refractivity contribution in [2.75, 3.05) is 47.5 Å². The van der Waals surface area contributed by atoms with E-state index in [1.165, 1.54) is 5.56 Å². The lowest BCUT2D eigenvalue weighted by molar-refractivity contribution is 0.277. The van der Waals surface area contributed by atoms with Crippen molar-refractivity contribution < 1.29 is 14.2 Å². The highest BCUT2D eigenvalue weighted by Crippen LogP contribution is 2.38. The van der Waals surface area contributed by atoms with Crippen LogP contribution in [0.1, 0.15) is 17.5 Å². The normalized spacial score (nSPS) is 14.7. The third-order valence-electron chi connectivity index (χ3n) is 5.17. The van der Waals surface area contributed by atoms with Gasteiger partial charge < -0.3 is 24.4 Å². The third kappa shape index (κ3) is 5.73. The summed E-state index contributed by atoms with van der Waals surface area (Å²) in [4.78, 5) is 8.92. The van der Waals surface area contributed by atoms with E-state index in [2.05, 4.69) is 26.2 Å². The van der Waals surface area contributed by atoms with Gasteiger partial charge in [0.15, 0.2) is 16.6 Å². The van der Waals surface area contributed by atoms with E-state index in [4.69, 9.17) is 26.4 Å². The summed E-state index contributed by atoms with van der Waals surface area (Å²) in [5.41, 5.74) is 2.26. The zero-order valence-electron chi connectivity index (χ0n) is 17.9. The zero-order valence-corrected chi connectivity index (χ0v) is 18.7. The van der Waals surface area contributed by atoms with Crippen molar-refractivity contribution in [3.63, 3.8) is 0 Å². The average molecular weight is 431 g/mol. The molecule has 0 amide bonds. The largest absolute Gasteiger partial charge is 0.493 e. The van der Waals surface area contributed by atoms with Gasteiger partial charge in [0.05, 0.1) is 21.3 Å². The van der Waals surface area contributed by atoms with E-state index in [9.17, 15) is 0 Å². The molecule has 1 aromatic heterocycles. The Hall–Kier alpha value is -2.58. The lowest BCUT2D eigenvalue weighted by Gasteiger charge is -2.25. The summed E-state index contributed by atoms with van der Waals surface area (Å²) >= 11 is 5.67. The summed E-state index contributed by atoms with van der Waals surface area (Å²) in [6.07, 6.45) is 4.82. The van der Waals surface area contributed by atoms with E-state index in [-0.39, 0.29) is 0 Å². The molecule has 3 rings (SSSR count).